The average Bonchev–Trinajstić information content (AvgIpc) is 2.89. The maximum absolute atomic E-state index is 12.6. The summed E-state index contributed by atoms with van der Waals surface area (Å²) in [6.45, 7) is 6.11. The Labute approximate surface area is 222 Å². The van der Waals surface area contributed by atoms with Gasteiger partial charge in [0.15, 0.2) is 6.10 Å². The second kappa shape index (κ2) is 12.9. The van der Waals surface area contributed by atoms with Gasteiger partial charge in [0.2, 0.25) is 0 Å². The number of ether oxygens (including phenoxy) is 4. The summed E-state index contributed by atoms with van der Waals surface area (Å²) in [7, 11) is 1.23. The van der Waals surface area contributed by atoms with Crippen LogP contribution in [0, 0.1) is 5.41 Å². The molecule has 0 fully saturated rings. The van der Waals surface area contributed by atoms with E-state index >= 15 is 0 Å². The van der Waals surface area contributed by atoms with E-state index in [1.165, 1.54) is 7.11 Å². The van der Waals surface area contributed by atoms with Gasteiger partial charge in [0.05, 0.1) is 19.4 Å². The molecule has 2 aromatic rings. The smallest absolute Gasteiger partial charge is 0.407 e. The fourth-order valence-electron chi connectivity index (χ4n) is 3.61. The second-order valence-electron chi connectivity index (χ2n) is 10.2. The number of rotatable bonds is 10. The molecule has 1 aliphatic heterocycles. The molecular formula is C28H34N2O8. The van der Waals surface area contributed by atoms with Crippen LogP contribution in [0.1, 0.15) is 44.7 Å². The van der Waals surface area contributed by atoms with Crippen molar-refractivity contribution < 1.29 is 38.1 Å². The molecular weight excluding hydrogens is 492 g/mol. The Balaban J connectivity index is 1.55. The van der Waals surface area contributed by atoms with E-state index in [1.807, 2.05) is 51.1 Å². The summed E-state index contributed by atoms with van der Waals surface area (Å²) in [6, 6.07) is 13.4. The molecule has 0 saturated carbocycles. The van der Waals surface area contributed by atoms with Crippen molar-refractivity contribution in [2.24, 2.45) is 5.41 Å². The lowest BCUT2D eigenvalue weighted by molar-refractivity contribution is -0.146. The van der Waals surface area contributed by atoms with Crippen LogP contribution in [0.4, 0.5) is 10.5 Å². The predicted molar refractivity (Wildman–Crippen MR) is 138 cm³/mol. The number of esters is 2. The van der Waals surface area contributed by atoms with Gasteiger partial charge in [0.1, 0.15) is 18.4 Å². The van der Waals surface area contributed by atoms with Gasteiger partial charge in [0.25, 0.3) is 5.91 Å². The van der Waals surface area contributed by atoms with E-state index < -0.39 is 30.2 Å². The first-order chi connectivity index (χ1) is 18.0. The highest BCUT2D eigenvalue weighted by Crippen LogP contribution is 2.32. The number of alkyl carbamates (subject to hydrolysis) is 1. The maximum Gasteiger partial charge on any atom is 0.407 e. The molecule has 0 aliphatic carbocycles. The van der Waals surface area contributed by atoms with Crippen molar-refractivity contribution in [3.05, 3.63) is 59.7 Å². The summed E-state index contributed by atoms with van der Waals surface area (Å²) in [5.41, 5.74) is 1.73. The lowest BCUT2D eigenvalue weighted by atomic mass is 9.99. The van der Waals surface area contributed by atoms with Crippen LogP contribution >= 0.6 is 0 Å². The van der Waals surface area contributed by atoms with Crippen LogP contribution < -0.4 is 15.4 Å². The lowest BCUT2D eigenvalue weighted by Gasteiger charge is -2.26. The van der Waals surface area contributed by atoms with E-state index in [-0.39, 0.29) is 43.8 Å². The van der Waals surface area contributed by atoms with Gasteiger partial charge in [-0.25, -0.2) is 9.59 Å². The normalized spacial score (nSPS) is 15.3. The van der Waals surface area contributed by atoms with Crippen LogP contribution in [-0.2, 0) is 41.6 Å². The third kappa shape index (κ3) is 8.79. The Hall–Kier alpha value is -4.08. The Morgan fingerprint density at radius 1 is 1.05 bits per heavy atom. The standard InChI is InChI=1S/C28H34N2O8/c1-28(2,3)17-37-27(34)30-21(26(33)35-4)15-19-10-11-22-20(14-19)29-25(32)23(38-22)12-13-24(31)36-16-18-8-6-5-7-9-18/h5-11,14,21,23H,12-13,15-17H2,1-4H3,(H,29,32)(H,30,34)/t21-,23?/m0/s1. The van der Waals surface area contributed by atoms with Crippen LogP contribution in [0.3, 0.4) is 0 Å². The second-order valence-corrected chi connectivity index (χ2v) is 10.2. The summed E-state index contributed by atoms with van der Waals surface area (Å²) < 4.78 is 21.1. The Kier molecular flexibility index (Phi) is 9.70. The number of hydrogen-bond acceptors (Lipinski definition) is 8. The third-order valence-corrected chi connectivity index (χ3v) is 5.57. The topological polar surface area (TPSA) is 129 Å². The Morgan fingerprint density at radius 2 is 1.79 bits per heavy atom. The molecule has 2 atom stereocenters. The van der Waals surface area contributed by atoms with Gasteiger partial charge in [-0.3, -0.25) is 9.59 Å². The van der Waals surface area contributed by atoms with Crippen LogP contribution in [-0.4, -0.2) is 49.8 Å². The molecule has 10 heteroatoms. The minimum absolute atomic E-state index is 0.0239. The van der Waals surface area contributed by atoms with Gasteiger partial charge in [-0.2, -0.15) is 0 Å². The van der Waals surface area contributed by atoms with Gasteiger partial charge >= 0.3 is 18.0 Å². The van der Waals surface area contributed by atoms with Gasteiger partial charge in [-0.1, -0.05) is 57.2 Å². The number of nitrogens with one attached hydrogen (secondary N) is 2. The van der Waals surface area contributed by atoms with Crippen LogP contribution in [0.2, 0.25) is 0 Å². The van der Waals surface area contributed by atoms with Crippen molar-refractivity contribution in [1.82, 2.24) is 5.32 Å². The largest absolute Gasteiger partial charge is 0.478 e. The average molecular weight is 527 g/mol. The Bertz CT molecular complexity index is 1140. The summed E-state index contributed by atoms with van der Waals surface area (Å²) in [6.07, 6.45) is -1.28. The zero-order valence-electron chi connectivity index (χ0n) is 22.1. The highest BCUT2D eigenvalue weighted by molar-refractivity contribution is 5.98. The quantitative estimate of drug-likeness (QED) is 0.354. The number of carbonyl (C=O) groups is 4. The van der Waals surface area contributed by atoms with Gasteiger partial charge in [0, 0.05) is 19.3 Å². The molecule has 0 saturated heterocycles. The number of benzene rings is 2. The van der Waals surface area contributed by atoms with Gasteiger partial charge in [-0.05, 0) is 28.7 Å². The van der Waals surface area contributed by atoms with E-state index in [0.29, 0.717) is 17.0 Å². The molecule has 2 N–H and O–H groups in total. The van der Waals surface area contributed by atoms with Gasteiger partial charge < -0.3 is 29.6 Å². The summed E-state index contributed by atoms with van der Waals surface area (Å²) in [5, 5.41) is 5.32. The van der Waals surface area contributed by atoms with Gasteiger partial charge in [-0.15, -0.1) is 0 Å². The molecule has 38 heavy (non-hydrogen) atoms. The molecule has 204 valence electrons. The zero-order valence-corrected chi connectivity index (χ0v) is 22.1. The van der Waals surface area contributed by atoms with Crippen LogP contribution in [0.15, 0.2) is 48.5 Å². The van der Waals surface area contributed by atoms with Crippen molar-refractivity contribution in [1.29, 1.82) is 0 Å². The number of anilines is 1. The molecule has 0 bridgehead atoms. The summed E-state index contributed by atoms with van der Waals surface area (Å²) >= 11 is 0. The molecule has 0 aromatic heterocycles. The van der Waals surface area contributed by atoms with Crippen molar-refractivity contribution in [3.63, 3.8) is 0 Å². The highest BCUT2D eigenvalue weighted by atomic mass is 16.6. The first-order valence-electron chi connectivity index (χ1n) is 12.3. The molecule has 0 spiro atoms. The van der Waals surface area contributed by atoms with Crippen molar-refractivity contribution in [2.75, 3.05) is 19.0 Å². The highest BCUT2D eigenvalue weighted by Gasteiger charge is 2.29. The lowest BCUT2D eigenvalue weighted by Crippen LogP contribution is -2.44. The summed E-state index contributed by atoms with van der Waals surface area (Å²) in [4.78, 5) is 49.2. The van der Waals surface area contributed by atoms with E-state index in [9.17, 15) is 19.2 Å². The van der Waals surface area contributed by atoms with Crippen LogP contribution in [0.25, 0.3) is 0 Å². The number of methoxy groups -OCH3 is 1. The summed E-state index contributed by atoms with van der Waals surface area (Å²) in [5.74, 6) is -1.01. The molecule has 10 nitrogen and oxygen atoms in total. The fraction of sp³-hybridized carbons (Fsp3) is 0.429. The predicted octanol–water partition coefficient (Wildman–Crippen LogP) is 3.77. The number of hydrogen-bond donors (Lipinski definition) is 2. The molecule has 1 aliphatic rings. The molecule has 0 radical (unpaired) electrons. The maximum atomic E-state index is 12.6. The third-order valence-electron chi connectivity index (χ3n) is 5.57. The minimum Gasteiger partial charge on any atom is -0.478 e. The molecule has 1 unspecified atom stereocenters. The molecule has 3 rings (SSSR count). The first kappa shape index (κ1) is 28.5. The van der Waals surface area contributed by atoms with E-state index in [0.717, 1.165) is 5.56 Å². The monoisotopic (exact) mass is 526 g/mol. The number of amides is 2. The van der Waals surface area contributed by atoms with E-state index in [1.54, 1.807) is 18.2 Å². The SMILES string of the molecule is COC(=O)[C@H](Cc1ccc2c(c1)NC(=O)C(CCC(=O)OCc1ccccc1)O2)NC(=O)OCC(C)(C)C. The van der Waals surface area contributed by atoms with E-state index in [4.69, 9.17) is 18.9 Å². The first-order valence-corrected chi connectivity index (χ1v) is 12.3. The minimum atomic E-state index is -0.986. The van der Waals surface area contributed by atoms with Crippen molar-refractivity contribution in [2.45, 2.75) is 58.8 Å². The molecule has 2 amide bonds. The zero-order chi connectivity index (χ0) is 27.7. The fourth-order valence-corrected chi connectivity index (χ4v) is 3.61. The number of fused-ring (bicyclic) bond motifs is 1. The number of carbonyl (C=O) groups excluding carboxylic acids is 4. The molecule has 2 aromatic carbocycles. The van der Waals surface area contributed by atoms with Crippen molar-refractivity contribution >= 4 is 29.6 Å². The van der Waals surface area contributed by atoms with E-state index in [2.05, 4.69) is 10.6 Å². The van der Waals surface area contributed by atoms with Crippen molar-refractivity contribution in [3.8, 4) is 5.75 Å². The molecule has 1 heterocycles. The Morgan fingerprint density at radius 3 is 2.47 bits per heavy atom. The van der Waals surface area contributed by atoms with Crippen LogP contribution in [0.5, 0.6) is 5.75 Å².